The highest BCUT2D eigenvalue weighted by atomic mass is 15.2. The monoisotopic (exact) mass is 179 g/mol. The van der Waals surface area contributed by atoms with E-state index in [2.05, 4.69) is 17.1 Å². The zero-order chi connectivity index (χ0) is 8.93. The van der Waals surface area contributed by atoms with Crippen molar-refractivity contribution >= 4 is 0 Å². The number of hydrogen-bond acceptors (Lipinski definition) is 1. The molecule has 1 unspecified atom stereocenters. The first-order valence-corrected chi connectivity index (χ1v) is 5.87. The molecule has 1 saturated heterocycles. The maximum Gasteiger partial charge on any atom is 0.0278 e. The van der Waals surface area contributed by atoms with Gasteiger partial charge in [-0.25, -0.2) is 0 Å². The van der Waals surface area contributed by atoms with Crippen LogP contribution in [0.5, 0.6) is 0 Å². The molecule has 1 heterocycles. The van der Waals surface area contributed by atoms with Crippen molar-refractivity contribution in [2.45, 2.75) is 51.0 Å². The summed E-state index contributed by atoms with van der Waals surface area (Å²) in [6, 6.07) is 0.780. The largest absolute Gasteiger partial charge is 0.297 e. The molecule has 1 aliphatic carbocycles. The predicted octanol–water partition coefficient (Wildman–Crippen LogP) is 2.97. The average Bonchev–Trinajstić information content (AvgIpc) is 2.47. The first kappa shape index (κ1) is 9.26. The molecule has 1 aliphatic heterocycles. The van der Waals surface area contributed by atoms with Crippen LogP contribution in [0.2, 0.25) is 0 Å². The van der Waals surface area contributed by atoms with E-state index >= 15 is 0 Å². The molecule has 0 spiro atoms. The second kappa shape index (κ2) is 4.80. The van der Waals surface area contributed by atoms with Gasteiger partial charge in [-0.3, -0.25) is 4.90 Å². The van der Waals surface area contributed by atoms with Crippen molar-refractivity contribution in [2.24, 2.45) is 0 Å². The van der Waals surface area contributed by atoms with E-state index in [1.807, 2.05) is 0 Å². The molecule has 74 valence electrons. The lowest BCUT2D eigenvalue weighted by molar-refractivity contribution is 0.183. The van der Waals surface area contributed by atoms with Crippen molar-refractivity contribution in [2.75, 3.05) is 13.1 Å². The number of likely N-dealkylation sites (tertiary alicyclic amines) is 1. The Morgan fingerprint density at radius 2 is 1.77 bits per heavy atom. The van der Waals surface area contributed by atoms with Gasteiger partial charge in [-0.05, 0) is 45.2 Å². The van der Waals surface area contributed by atoms with Gasteiger partial charge < -0.3 is 0 Å². The van der Waals surface area contributed by atoms with Crippen molar-refractivity contribution in [3.8, 4) is 0 Å². The van der Waals surface area contributed by atoms with E-state index in [9.17, 15) is 0 Å². The standard InChI is InChI=1S/C12H21N/c1-2-5-9-12(8-4-1)13-10-6-3-7-11-13/h4,8,12H,1-3,5-7,9-11H2. The SMILES string of the molecule is C1=CC(N2CCCCC2)CCCC1. The minimum absolute atomic E-state index is 0.780. The maximum absolute atomic E-state index is 2.69. The third-order valence-electron chi connectivity index (χ3n) is 3.34. The summed E-state index contributed by atoms with van der Waals surface area (Å²) in [5.74, 6) is 0. The Morgan fingerprint density at radius 3 is 2.62 bits per heavy atom. The summed E-state index contributed by atoms with van der Waals surface area (Å²) in [4.78, 5) is 2.69. The molecule has 0 aromatic carbocycles. The van der Waals surface area contributed by atoms with Crippen molar-refractivity contribution in [1.82, 2.24) is 4.90 Å². The van der Waals surface area contributed by atoms with Crippen molar-refractivity contribution in [1.29, 1.82) is 0 Å². The van der Waals surface area contributed by atoms with E-state index in [0.29, 0.717) is 0 Å². The predicted molar refractivity (Wildman–Crippen MR) is 56.8 cm³/mol. The van der Waals surface area contributed by atoms with Gasteiger partial charge in [0.05, 0.1) is 0 Å². The average molecular weight is 179 g/mol. The number of allylic oxidation sites excluding steroid dienone is 1. The first-order chi connectivity index (χ1) is 6.47. The zero-order valence-electron chi connectivity index (χ0n) is 8.54. The molecule has 0 amide bonds. The van der Waals surface area contributed by atoms with Crippen molar-refractivity contribution < 1.29 is 0 Å². The lowest BCUT2D eigenvalue weighted by atomic mass is 10.1. The topological polar surface area (TPSA) is 3.24 Å². The second-order valence-electron chi connectivity index (χ2n) is 4.38. The number of piperidine rings is 1. The van der Waals surface area contributed by atoms with Gasteiger partial charge in [0, 0.05) is 6.04 Å². The van der Waals surface area contributed by atoms with Gasteiger partial charge in [0.1, 0.15) is 0 Å². The van der Waals surface area contributed by atoms with E-state index in [4.69, 9.17) is 0 Å². The normalized spacial score (nSPS) is 31.5. The highest BCUT2D eigenvalue weighted by molar-refractivity contribution is 4.97. The van der Waals surface area contributed by atoms with Gasteiger partial charge in [0.15, 0.2) is 0 Å². The van der Waals surface area contributed by atoms with Crippen LogP contribution in [-0.4, -0.2) is 24.0 Å². The summed E-state index contributed by atoms with van der Waals surface area (Å²) in [7, 11) is 0. The minimum atomic E-state index is 0.780. The Hall–Kier alpha value is -0.300. The number of hydrogen-bond donors (Lipinski definition) is 0. The molecule has 0 aromatic rings. The van der Waals surface area contributed by atoms with E-state index < -0.39 is 0 Å². The van der Waals surface area contributed by atoms with E-state index in [1.54, 1.807) is 0 Å². The van der Waals surface area contributed by atoms with Crippen LogP contribution in [0.25, 0.3) is 0 Å². The third kappa shape index (κ3) is 2.57. The molecule has 2 aliphatic rings. The van der Waals surface area contributed by atoms with E-state index in [1.165, 1.54) is 58.0 Å². The Labute approximate surface area is 81.8 Å². The molecule has 0 bridgehead atoms. The van der Waals surface area contributed by atoms with Gasteiger partial charge in [0.2, 0.25) is 0 Å². The van der Waals surface area contributed by atoms with Gasteiger partial charge in [-0.1, -0.05) is 25.0 Å². The van der Waals surface area contributed by atoms with Crippen molar-refractivity contribution in [3.63, 3.8) is 0 Å². The molecule has 0 radical (unpaired) electrons. The highest BCUT2D eigenvalue weighted by Gasteiger charge is 2.18. The van der Waals surface area contributed by atoms with Crippen molar-refractivity contribution in [3.05, 3.63) is 12.2 Å². The molecule has 13 heavy (non-hydrogen) atoms. The Bertz CT molecular complexity index is 168. The van der Waals surface area contributed by atoms with Crippen LogP contribution in [0.1, 0.15) is 44.9 Å². The highest BCUT2D eigenvalue weighted by Crippen LogP contribution is 2.20. The number of nitrogens with zero attached hydrogens (tertiary/aromatic N) is 1. The third-order valence-corrected chi connectivity index (χ3v) is 3.34. The summed E-state index contributed by atoms with van der Waals surface area (Å²) in [6.07, 6.45) is 14.7. The molecule has 0 aromatic heterocycles. The second-order valence-corrected chi connectivity index (χ2v) is 4.38. The van der Waals surface area contributed by atoms with Gasteiger partial charge in [-0.2, -0.15) is 0 Å². The van der Waals surface area contributed by atoms with Gasteiger partial charge >= 0.3 is 0 Å². The summed E-state index contributed by atoms with van der Waals surface area (Å²) >= 11 is 0. The molecule has 1 heteroatoms. The maximum atomic E-state index is 2.69. The molecule has 0 saturated carbocycles. The summed E-state index contributed by atoms with van der Waals surface area (Å²) < 4.78 is 0. The lowest BCUT2D eigenvalue weighted by Crippen LogP contribution is -2.37. The molecule has 1 fully saturated rings. The molecule has 0 N–H and O–H groups in total. The fraction of sp³-hybridized carbons (Fsp3) is 0.833. The molecular weight excluding hydrogens is 158 g/mol. The van der Waals surface area contributed by atoms with Gasteiger partial charge in [-0.15, -0.1) is 0 Å². The fourth-order valence-electron chi connectivity index (χ4n) is 2.52. The van der Waals surface area contributed by atoms with Crippen LogP contribution in [-0.2, 0) is 0 Å². The minimum Gasteiger partial charge on any atom is -0.297 e. The summed E-state index contributed by atoms with van der Waals surface area (Å²) in [5.41, 5.74) is 0. The van der Waals surface area contributed by atoms with Crippen LogP contribution >= 0.6 is 0 Å². The molecule has 1 nitrogen and oxygen atoms in total. The van der Waals surface area contributed by atoms with Crippen LogP contribution in [0, 0.1) is 0 Å². The quantitative estimate of drug-likeness (QED) is 0.559. The fourth-order valence-corrected chi connectivity index (χ4v) is 2.52. The Morgan fingerprint density at radius 1 is 0.923 bits per heavy atom. The lowest BCUT2D eigenvalue weighted by Gasteiger charge is -2.32. The molecule has 2 rings (SSSR count). The summed E-state index contributed by atoms with van der Waals surface area (Å²) in [6.45, 7) is 2.68. The smallest absolute Gasteiger partial charge is 0.0278 e. The number of rotatable bonds is 1. The molecular formula is C12H21N. The van der Waals surface area contributed by atoms with Crippen LogP contribution < -0.4 is 0 Å². The van der Waals surface area contributed by atoms with Crippen LogP contribution in [0.15, 0.2) is 12.2 Å². The van der Waals surface area contributed by atoms with Gasteiger partial charge in [0.25, 0.3) is 0 Å². The van der Waals surface area contributed by atoms with E-state index in [-0.39, 0.29) is 0 Å². The Kier molecular flexibility index (Phi) is 3.42. The zero-order valence-corrected chi connectivity index (χ0v) is 8.54. The molecule has 1 atom stereocenters. The van der Waals surface area contributed by atoms with Crippen LogP contribution in [0.4, 0.5) is 0 Å². The Balaban J connectivity index is 1.89. The van der Waals surface area contributed by atoms with Crippen LogP contribution in [0.3, 0.4) is 0 Å². The first-order valence-electron chi connectivity index (χ1n) is 5.87. The summed E-state index contributed by atoms with van der Waals surface area (Å²) in [5, 5.41) is 0. The van der Waals surface area contributed by atoms with E-state index in [0.717, 1.165) is 6.04 Å².